The van der Waals surface area contributed by atoms with Crippen LogP contribution in [0.2, 0.25) is 5.02 Å². The van der Waals surface area contributed by atoms with Gasteiger partial charge in [-0.3, -0.25) is 4.98 Å². The maximum Gasteiger partial charge on any atom is 0.174 e. The molecule has 4 aromatic rings. The van der Waals surface area contributed by atoms with Crippen LogP contribution in [0.4, 0.5) is 11.4 Å². The van der Waals surface area contributed by atoms with E-state index in [2.05, 4.69) is 57.4 Å². The summed E-state index contributed by atoms with van der Waals surface area (Å²) in [6.07, 6.45) is 1.80. The van der Waals surface area contributed by atoms with Gasteiger partial charge in [0.2, 0.25) is 0 Å². The van der Waals surface area contributed by atoms with Gasteiger partial charge in [-0.15, -0.1) is 0 Å². The van der Waals surface area contributed by atoms with Crippen molar-refractivity contribution in [3.8, 4) is 11.4 Å². The van der Waals surface area contributed by atoms with Crippen molar-refractivity contribution in [3.63, 3.8) is 0 Å². The third-order valence-corrected chi connectivity index (χ3v) is 7.26. The molecule has 6 nitrogen and oxygen atoms in total. The van der Waals surface area contributed by atoms with E-state index in [4.69, 9.17) is 23.8 Å². The van der Waals surface area contributed by atoms with Gasteiger partial charge in [0.1, 0.15) is 5.75 Å². The van der Waals surface area contributed by atoms with Crippen LogP contribution in [0.1, 0.15) is 34.7 Å². The van der Waals surface area contributed by atoms with E-state index in [-0.39, 0.29) is 17.8 Å². The van der Waals surface area contributed by atoms with Crippen molar-refractivity contribution in [1.82, 2.24) is 14.9 Å². The lowest BCUT2D eigenvalue weighted by Gasteiger charge is -2.28. The van der Waals surface area contributed by atoms with Gasteiger partial charge in [0.15, 0.2) is 5.11 Å². The van der Waals surface area contributed by atoms with E-state index in [9.17, 15) is 5.11 Å². The topological polar surface area (TPSA) is 56.6 Å². The number of nitrogens with zero attached hydrogens (tertiary/aromatic N) is 4. The minimum absolute atomic E-state index is 0.154. The minimum atomic E-state index is -0.158. The van der Waals surface area contributed by atoms with E-state index in [1.807, 2.05) is 43.8 Å². The van der Waals surface area contributed by atoms with Crippen molar-refractivity contribution in [2.24, 2.45) is 0 Å². The standard InChI is InChI=1S/C28H28ClN5OS/c1-17-15-22(18(2)33(17)24-16-19(29)8-13-25(24)35)27-26(23-7-5-6-14-30-23)31-28(36)34(27)21-11-9-20(10-12-21)32(3)4/h5-16,26-27,35H,1-4H3,(H,31,36)/t26-,27+/m1/s1. The van der Waals surface area contributed by atoms with Crippen molar-refractivity contribution in [2.45, 2.75) is 25.9 Å². The van der Waals surface area contributed by atoms with Gasteiger partial charge >= 0.3 is 0 Å². The fraction of sp³-hybridized carbons (Fsp3) is 0.214. The number of hydrogen-bond acceptors (Lipinski definition) is 4. The Morgan fingerprint density at radius 1 is 1.03 bits per heavy atom. The molecule has 2 atom stereocenters. The Kier molecular flexibility index (Phi) is 6.36. The molecule has 2 aromatic heterocycles. The second-order valence-electron chi connectivity index (χ2n) is 9.20. The van der Waals surface area contributed by atoms with Crippen molar-refractivity contribution < 1.29 is 5.11 Å². The molecule has 0 aliphatic carbocycles. The van der Waals surface area contributed by atoms with E-state index in [1.54, 1.807) is 24.4 Å². The first-order valence-corrected chi connectivity index (χ1v) is 12.5. The van der Waals surface area contributed by atoms with Gasteiger partial charge in [-0.25, -0.2) is 0 Å². The summed E-state index contributed by atoms with van der Waals surface area (Å²) in [5.74, 6) is 0.172. The summed E-state index contributed by atoms with van der Waals surface area (Å²) < 4.78 is 2.04. The Bertz CT molecular complexity index is 1420. The van der Waals surface area contributed by atoms with Gasteiger partial charge in [-0.05, 0) is 92.3 Å². The number of pyridine rings is 1. The first-order valence-electron chi connectivity index (χ1n) is 11.7. The molecule has 5 rings (SSSR count). The summed E-state index contributed by atoms with van der Waals surface area (Å²) in [6, 6.07) is 21.2. The lowest BCUT2D eigenvalue weighted by Crippen LogP contribution is -2.29. The zero-order valence-electron chi connectivity index (χ0n) is 20.6. The summed E-state index contributed by atoms with van der Waals surface area (Å²) in [4.78, 5) is 8.90. The van der Waals surface area contributed by atoms with E-state index >= 15 is 0 Å². The highest BCUT2D eigenvalue weighted by Crippen LogP contribution is 2.44. The Morgan fingerprint density at radius 2 is 1.78 bits per heavy atom. The molecule has 1 saturated heterocycles. The average Bonchev–Trinajstić information content (AvgIpc) is 3.36. The van der Waals surface area contributed by atoms with Crippen molar-refractivity contribution >= 4 is 40.3 Å². The molecule has 2 N–H and O–H groups in total. The van der Waals surface area contributed by atoms with E-state index in [0.29, 0.717) is 15.8 Å². The lowest BCUT2D eigenvalue weighted by molar-refractivity contribution is 0.471. The van der Waals surface area contributed by atoms with Gasteiger partial charge in [0, 0.05) is 48.1 Å². The fourth-order valence-corrected chi connectivity index (χ4v) is 5.51. The number of thiocarbonyl (C=S) groups is 1. The molecule has 3 heterocycles. The predicted octanol–water partition coefficient (Wildman–Crippen LogP) is 6.09. The number of phenols is 1. The number of rotatable bonds is 5. The Morgan fingerprint density at radius 3 is 2.44 bits per heavy atom. The first kappa shape index (κ1) is 24.2. The Hall–Kier alpha value is -3.55. The summed E-state index contributed by atoms with van der Waals surface area (Å²) in [6.45, 7) is 4.09. The maximum absolute atomic E-state index is 10.6. The Labute approximate surface area is 221 Å². The normalized spacial score (nSPS) is 17.4. The highest BCUT2D eigenvalue weighted by Gasteiger charge is 2.42. The van der Waals surface area contributed by atoms with Crippen LogP contribution in [0.25, 0.3) is 5.69 Å². The molecule has 0 radical (unpaired) electrons. The van der Waals surface area contributed by atoms with Crippen molar-refractivity contribution in [3.05, 3.63) is 101 Å². The van der Waals surface area contributed by atoms with Gasteiger partial charge in [-0.2, -0.15) is 0 Å². The molecule has 184 valence electrons. The highest BCUT2D eigenvalue weighted by molar-refractivity contribution is 7.80. The zero-order chi connectivity index (χ0) is 25.6. The second-order valence-corrected chi connectivity index (χ2v) is 10.0. The molecule has 1 aliphatic heterocycles. The second kappa shape index (κ2) is 9.48. The molecule has 2 aromatic carbocycles. The molecule has 36 heavy (non-hydrogen) atoms. The molecule has 0 saturated carbocycles. The molecule has 0 spiro atoms. The number of aromatic nitrogens is 2. The zero-order valence-corrected chi connectivity index (χ0v) is 22.2. The largest absolute Gasteiger partial charge is 0.506 e. The van der Waals surface area contributed by atoms with Gasteiger partial charge in [-0.1, -0.05) is 17.7 Å². The van der Waals surface area contributed by atoms with E-state index in [1.165, 1.54) is 0 Å². The van der Waals surface area contributed by atoms with Crippen LogP contribution in [0.5, 0.6) is 5.75 Å². The molecule has 0 amide bonds. The quantitative estimate of drug-likeness (QED) is 0.312. The average molecular weight is 518 g/mol. The van der Waals surface area contributed by atoms with Crippen molar-refractivity contribution in [2.75, 3.05) is 23.9 Å². The molecule has 0 unspecified atom stereocenters. The number of aromatic hydroxyl groups is 1. The SMILES string of the molecule is Cc1cc([C@H]2[C@@H](c3ccccn3)NC(=S)N2c2ccc(N(C)C)cc2)c(C)n1-c1cc(Cl)ccc1O. The molecule has 0 bridgehead atoms. The minimum Gasteiger partial charge on any atom is -0.506 e. The van der Waals surface area contributed by atoms with Crippen molar-refractivity contribution in [1.29, 1.82) is 0 Å². The monoisotopic (exact) mass is 517 g/mol. The van der Waals surface area contributed by atoms with Crippen LogP contribution in [-0.2, 0) is 0 Å². The van der Waals surface area contributed by atoms with E-state index in [0.717, 1.165) is 34.0 Å². The van der Waals surface area contributed by atoms with Crippen LogP contribution in [0.3, 0.4) is 0 Å². The Balaban J connectivity index is 1.67. The number of benzene rings is 2. The summed E-state index contributed by atoms with van der Waals surface area (Å²) in [5, 5.41) is 15.4. The molecule has 8 heteroatoms. The molecular weight excluding hydrogens is 490 g/mol. The number of phenolic OH excluding ortho intramolecular Hbond substituents is 1. The highest BCUT2D eigenvalue weighted by atomic mass is 35.5. The third-order valence-electron chi connectivity index (χ3n) is 6.71. The number of hydrogen-bond donors (Lipinski definition) is 2. The summed E-state index contributed by atoms with van der Waals surface area (Å²) in [5.41, 5.74) is 6.74. The number of halogens is 1. The summed E-state index contributed by atoms with van der Waals surface area (Å²) in [7, 11) is 4.05. The van der Waals surface area contributed by atoms with Crippen LogP contribution in [0, 0.1) is 13.8 Å². The number of anilines is 2. The van der Waals surface area contributed by atoms with Gasteiger partial charge in [0.05, 0.1) is 23.5 Å². The maximum atomic E-state index is 10.6. The third kappa shape index (κ3) is 4.18. The molecule has 1 aliphatic rings. The van der Waals surface area contributed by atoms with Gasteiger partial charge in [0.25, 0.3) is 0 Å². The smallest absolute Gasteiger partial charge is 0.174 e. The lowest BCUT2D eigenvalue weighted by atomic mass is 9.96. The van der Waals surface area contributed by atoms with Crippen LogP contribution >= 0.6 is 23.8 Å². The first-order chi connectivity index (χ1) is 17.3. The van der Waals surface area contributed by atoms with Crippen LogP contribution < -0.4 is 15.1 Å². The van der Waals surface area contributed by atoms with Crippen LogP contribution in [-0.4, -0.2) is 33.9 Å². The fourth-order valence-electron chi connectivity index (χ4n) is 4.99. The summed E-state index contributed by atoms with van der Waals surface area (Å²) >= 11 is 12.2. The number of nitrogens with one attached hydrogen (secondary N) is 1. The molecule has 1 fully saturated rings. The predicted molar refractivity (Wildman–Crippen MR) is 151 cm³/mol. The van der Waals surface area contributed by atoms with Gasteiger partial charge < -0.3 is 24.8 Å². The molecular formula is C28H28ClN5OS. The van der Waals surface area contributed by atoms with E-state index < -0.39 is 0 Å². The number of aryl methyl sites for hydroxylation is 1. The van der Waals surface area contributed by atoms with Crippen LogP contribution in [0.15, 0.2) is 72.9 Å².